The molecule has 0 aliphatic carbocycles. The first kappa shape index (κ1) is 15.3. The maximum Gasteiger partial charge on any atom is 0.247 e. The van der Waals surface area contributed by atoms with Crippen LogP contribution in [0.15, 0.2) is 30.3 Å². The molecule has 0 aromatic heterocycles. The Balaban J connectivity index is 2.06. The number of allylic oxidation sites excluding steroid dienone is 1. The molecular formula is C16H15ClN2O2. The fraction of sp³-hybridized carbons (Fsp3) is 0.312. The molecule has 1 heterocycles. The summed E-state index contributed by atoms with van der Waals surface area (Å²) in [7, 11) is 0. The second kappa shape index (κ2) is 7.05. The molecule has 1 amide bonds. The molecule has 1 fully saturated rings. The molecule has 1 saturated heterocycles. The van der Waals surface area contributed by atoms with E-state index in [-0.39, 0.29) is 0 Å². The monoisotopic (exact) mass is 302 g/mol. The van der Waals surface area contributed by atoms with Crippen LogP contribution in [0.4, 0.5) is 0 Å². The van der Waals surface area contributed by atoms with Crippen molar-refractivity contribution in [3.8, 4) is 6.07 Å². The molecule has 0 unspecified atom stereocenters. The predicted molar refractivity (Wildman–Crippen MR) is 80.4 cm³/mol. The van der Waals surface area contributed by atoms with E-state index in [1.165, 1.54) is 6.08 Å². The third kappa shape index (κ3) is 3.93. The average Bonchev–Trinajstić information content (AvgIpc) is 3.00. The summed E-state index contributed by atoms with van der Waals surface area (Å²) in [4.78, 5) is 25.7. The molecule has 1 aliphatic rings. The van der Waals surface area contributed by atoms with Gasteiger partial charge < -0.3 is 4.90 Å². The highest BCUT2D eigenvalue weighted by Crippen LogP contribution is 2.15. The molecule has 0 spiro atoms. The van der Waals surface area contributed by atoms with Gasteiger partial charge in [-0.3, -0.25) is 9.59 Å². The van der Waals surface area contributed by atoms with Gasteiger partial charge in [-0.05, 0) is 36.6 Å². The minimum Gasteiger partial charge on any atom is -0.341 e. The molecular weight excluding hydrogens is 288 g/mol. The van der Waals surface area contributed by atoms with Crippen LogP contribution in [-0.4, -0.2) is 29.7 Å². The van der Waals surface area contributed by atoms with E-state index in [0.29, 0.717) is 18.1 Å². The van der Waals surface area contributed by atoms with Crippen molar-refractivity contribution in [1.82, 2.24) is 4.90 Å². The van der Waals surface area contributed by atoms with E-state index in [9.17, 15) is 9.59 Å². The standard InChI is InChI=1S/C16H15ClN2O2/c17-13-5-3-4-12(10-13)6-7-15(20)14(11-18)16(21)19-8-1-2-9-19/h3-7,10,14H,1-2,8-9H2/b7-6+/t14-/m0/s1. The first-order valence-corrected chi connectivity index (χ1v) is 7.15. The van der Waals surface area contributed by atoms with E-state index in [4.69, 9.17) is 16.9 Å². The van der Waals surface area contributed by atoms with Crippen LogP contribution in [-0.2, 0) is 9.59 Å². The highest BCUT2D eigenvalue weighted by molar-refractivity contribution is 6.30. The Kier molecular flexibility index (Phi) is 5.13. The van der Waals surface area contributed by atoms with Crippen molar-refractivity contribution in [1.29, 1.82) is 5.26 Å². The van der Waals surface area contributed by atoms with Gasteiger partial charge in [-0.2, -0.15) is 5.26 Å². The lowest BCUT2D eigenvalue weighted by molar-refractivity contribution is -0.136. The van der Waals surface area contributed by atoms with Gasteiger partial charge in [-0.1, -0.05) is 29.8 Å². The minimum atomic E-state index is -1.25. The summed E-state index contributed by atoms with van der Waals surface area (Å²) in [6.07, 6.45) is 4.69. The SMILES string of the molecule is N#C[C@@H](C(=O)/C=C/c1cccc(Cl)c1)C(=O)N1CCCC1. The van der Waals surface area contributed by atoms with Crippen LogP contribution < -0.4 is 0 Å². The Labute approximate surface area is 128 Å². The summed E-state index contributed by atoms with van der Waals surface area (Å²) >= 11 is 5.85. The zero-order valence-corrected chi connectivity index (χ0v) is 12.2. The van der Waals surface area contributed by atoms with Crippen LogP contribution >= 0.6 is 11.6 Å². The number of amides is 1. The first-order chi connectivity index (χ1) is 10.1. The number of hydrogen-bond acceptors (Lipinski definition) is 3. The van der Waals surface area contributed by atoms with Crippen LogP contribution in [0.1, 0.15) is 18.4 Å². The molecule has 0 radical (unpaired) electrons. The van der Waals surface area contributed by atoms with Gasteiger partial charge in [0.05, 0.1) is 6.07 Å². The molecule has 1 atom stereocenters. The van der Waals surface area contributed by atoms with Crippen molar-refractivity contribution in [3.05, 3.63) is 40.9 Å². The first-order valence-electron chi connectivity index (χ1n) is 6.77. The van der Waals surface area contributed by atoms with Crippen molar-refractivity contribution < 1.29 is 9.59 Å². The van der Waals surface area contributed by atoms with E-state index in [2.05, 4.69) is 0 Å². The van der Waals surface area contributed by atoms with E-state index in [0.717, 1.165) is 18.4 Å². The zero-order chi connectivity index (χ0) is 15.2. The molecule has 0 bridgehead atoms. The summed E-state index contributed by atoms with van der Waals surface area (Å²) in [5.74, 6) is -2.14. The van der Waals surface area contributed by atoms with Crippen LogP contribution in [0.2, 0.25) is 5.02 Å². The number of halogens is 1. The van der Waals surface area contributed by atoms with Gasteiger partial charge in [-0.15, -0.1) is 0 Å². The fourth-order valence-corrected chi connectivity index (χ4v) is 2.44. The van der Waals surface area contributed by atoms with Gasteiger partial charge in [0.1, 0.15) is 0 Å². The van der Waals surface area contributed by atoms with Gasteiger partial charge >= 0.3 is 0 Å². The Hall–Kier alpha value is -2.12. The molecule has 108 valence electrons. The third-order valence-electron chi connectivity index (χ3n) is 3.37. The van der Waals surface area contributed by atoms with Crippen LogP contribution in [0, 0.1) is 17.2 Å². The predicted octanol–water partition coefficient (Wildman–Crippen LogP) is 2.68. The second-order valence-electron chi connectivity index (χ2n) is 4.89. The second-order valence-corrected chi connectivity index (χ2v) is 5.32. The van der Waals surface area contributed by atoms with Gasteiger partial charge in [-0.25, -0.2) is 0 Å². The number of ketones is 1. The summed E-state index contributed by atoms with van der Waals surface area (Å²) < 4.78 is 0. The maximum absolute atomic E-state index is 12.1. The lowest BCUT2D eigenvalue weighted by atomic mass is 10.0. The summed E-state index contributed by atoms with van der Waals surface area (Å²) in [5, 5.41) is 9.66. The largest absolute Gasteiger partial charge is 0.341 e. The van der Waals surface area contributed by atoms with Gasteiger partial charge in [0.25, 0.3) is 0 Å². The summed E-state index contributed by atoms with van der Waals surface area (Å²) in [6.45, 7) is 1.25. The van der Waals surface area contributed by atoms with Crippen LogP contribution in [0.25, 0.3) is 6.08 Å². The molecule has 1 aliphatic heterocycles. The molecule has 0 saturated carbocycles. The molecule has 4 nitrogen and oxygen atoms in total. The van der Waals surface area contributed by atoms with Crippen molar-refractivity contribution in [2.75, 3.05) is 13.1 Å². The number of benzene rings is 1. The van der Waals surface area contributed by atoms with Crippen molar-refractivity contribution in [2.45, 2.75) is 12.8 Å². The van der Waals surface area contributed by atoms with Gasteiger partial charge in [0, 0.05) is 18.1 Å². The Morgan fingerprint density at radius 2 is 2.05 bits per heavy atom. The number of nitriles is 1. The van der Waals surface area contributed by atoms with E-state index < -0.39 is 17.6 Å². The van der Waals surface area contributed by atoms with Crippen LogP contribution in [0.3, 0.4) is 0 Å². The quantitative estimate of drug-likeness (QED) is 0.634. The molecule has 1 aromatic rings. The Morgan fingerprint density at radius 1 is 1.33 bits per heavy atom. The molecule has 2 rings (SSSR count). The molecule has 1 aromatic carbocycles. The third-order valence-corrected chi connectivity index (χ3v) is 3.60. The molecule has 21 heavy (non-hydrogen) atoms. The number of rotatable bonds is 4. The highest BCUT2D eigenvalue weighted by atomic mass is 35.5. The van der Waals surface area contributed by atoms with Crippen molar-refractivity contribution in [3.63, 3.8) is 0 Å². The normalized spacial score (nSPS) is 15.9. The highest BCUT2D eigenvalue weighted by Gasteiger charge is 2.30. The van der Waals surface area contributed by atoms with Gasteiger partial charge in [0.2, 0.25) is 5.91 Å². The van der Waals surface area contributed by atoms with Crippen molar-refractivity contribution in [2.24, 2.45) is 5.92 Å². The van der Waals surface area contributed by atoms with Crippen LogP contribution in [0.5, 0.6) is 0 Å². The summed E-state index contributed by atoms with van der Waals surface area (Å²) in [5.41, 5.74) is 0.751. The maximum atomic E-state index is 12.1. The number of hydrogen-bond donors (Lipinski definition) is 0. The van der Waals surface area contributed by atoms with E-state index in [1.807, 2.05) is 6.07 Å². The average molecular weight is 303 g/mol. The number of likely N-dealkylation sites (tertiary alicyclic amines) is 1. The smallest absolute Gasteiger partial charge is 0.247 e. The number of carbonyl (C=O) groups excluding carboxylic acids is 2. The Bertz CT molecular complexity index is 613. The summed E-state index contributed by atoms with van der Waals surface area (Å²) in [6, 6.07) is 8.80. The lowest BCUT2D eigenvalue weighted by Crippen LogP contribution is -2.36. The molecule has 5 heteroatoms. The topological polar surface area (TPSA) is 61.2 Å². The lowest BCUT2D eigenvalue weighted by Gasteiger charge is -2.17. The van der Waals surface area contributed by atoms with E-state index in [1.54, 1.807) is 35.2 Å². The minimum absolute atomic E-state index is 0.393. The Morgan fingerprint density at radius 3 is 2.67 bits per heavy atom. The van der Waals surface area contributed by atoms with Crippen molar-refractivity contribution >= 4 is 29.4 Å². The zero-order valence-electron chi connectivity index (χ0n) is 11.5. The molecule has 0 N–H and O–H groups in total. The fourth-order valence-electron chi connectivity index (χ4n) is 2.25. The van der Waals surface area contributed by atoms with E-state index >= 15 is 0 Å². The number of carbonyl (C=O) groups is 2. The number of nitrogens with zero attached hydrogens (tertiary/aromatic N) is 2. The van der Waals surface area contributed by atoms with Gasteiger partial charge in [0.15, 0.2) is 11.7 Å².